The van der Waals surface area contributed by atoms with Gasteiger partial charge in [0.1, 0.15) is 11.3 Å². The van der Waals surface area contributed by atoms with Gasteiger partial charge in [0.15, 0.2) is 0 Å². The van der Waals surface area contributed by atoms with Gasteiger partial charge in [-0.3, -0.25) is 4.21 Å². The van der Waals surface area contributed by atoms with Crippen LogP contribution in [0.2, 0.25) is 0 Å². The highest BCUT2D eigenvalue weighted by Crippen LogP contribution is 2.42. The van der Waals surface area contributed by atoms with Crippen molar-refractivity contribution < 1.29 is 8.63 Å². The smallest absolute Gasteiger partial charge is 0.134 e. The molecule has 0 bridgehead atoms. The third kappa shape index (κ3) is 3.30. The zero-order valence-electron chi connectivity index (χ0n) is 13.7. The maximum atomic E-state index is 11.5. The van der Waals surface area contributed by atoms with E-state index in [9.17, 15) is 4.21 Å². The summed E-state index contributed by atoms with van der Waals surface area (Å²) in [6, 6.07) is 18.6. The highest BCUT2D eigenvalue weighted by molar-refractivity contribution is 7.84. The first-order chi connectivity index (χ1) is 11.7. The van der Waals surface area contributed by atoms with Crippen LogP contribution in [0.1, 0.15) is 30.2 Å². The minimum Gasteiger partial charge on any atom is -0.459 e. The summed E-state index contributed by atoms with van der Waals surface area (Å²) in [5, 5.41) is 4.82. The van der Waals surface area contributed by atoms with Crippen LogP contribution in [-0.4, -0.2) is 10.5 Å². The molecular formula is C20H21NO2S. The Kier molecular flexibility index (Phi) is 4.25. The summed E-state index contributed by atoms with van der Waals surface area (Å²) in [5.41, 5.74) is 2.15. The standard InChI is InChI=1S/C20H21NO2S/c1-24(22)17-10-6-14(7-11-17)13-21-20(15-8-9-15)19-12-16-4-2-3-5-18(16)23-19/h2-7,10-12,15,20-21H,8-9,13H2,1H3/t20-,24+/m0/s1. The lowest BCUT2D eigenvalue weighted by atomic mass is 10.1. The fourth-order valence-electron chi connectivity index (χ4n) is 3.11. The summed E-state index contributed by atoms with van der Waals surface area (Å²) < 4.78 is 17.5. The zero-order chi connectivity index (χ0) is 16.5. The molecule has 1 heterocycles. The van der Waals surface area contributed by atoms with Crippen molar-refractivity contribution in [3.05, 3.63) is 65.9 Å². The molecule has 2 atom stereocenters. The number of furan rings is 1. The third-order valence-electron chi connectivity index (χ3n) is 4.63. The first kappa shape index (κ1) is 15.6. The molecule has 0 unspecified atom stereocenters. The number of benzene rings is 2. The van der Waals surface area contributed by atoms with Gasteiger partial charge in [-0.1, -0.05) is 30.3 Å². The van der Waals surface area contributed by atoms with E-state index in [0.717, 1.165) is 28.2 Å². The van der Waals surface area contributed by atoms with E-state index in [4.69, 9.17) is 4.42 Å². The fourth-order valence-corrected chi connectivity index (χ4v) is 3.63. The maximum Gasteiger partial charge on any atom is 0.134 e. The van der Waals surface area contributed by atoms with E-state index in [-0.39, 0.29) is 6.04 Å². The normalized spacial score (nSPS) is 17.0. The molecule has 1 aliphatic carbocycles. The highest BCUT2D eigenvalue weighted by atomic mass is 32.2. The van der Waals surface area contributed by atoms with Gasteiger partial charge in [-0.25, -0.2) is 0 Å². The van der Waals surface area contributed by atoms with Gasteiger partial charge in [-0.05, 0) is 48.6 Å². The number of hydrogen-bond acceptors (Lipinski definition) is 3. The van der Waals surface area contributed by atoms with Crippen LogP contribution in [0.25, 0.3) is 11.0 Å². The Morgan fingerprint density at radius 1 is 1.17 bits per heavy atom. The Bertz CT molecular complexity index is 832. The average Bonchev–Trinajstić information content (AvgIpc) is 3.33. The van der Waals surface area contributed by atoms with Crippen molar-refractivity contribution in [1.29, 1.82) is 0 Å². The number of fused-ring (bicyclic) bond motifs is 1. The van der Waals surface area contributed by atoms with Gasteiger partial charge in [-0.2, -0.15) is 0 Å². The van der Waals surface area contributed by atoms with Crippen LogP contribution in [0.15, 0.2) is 63.9 Å². The van der Waals surface area contributed by atoms with Crippen LogP contribution in [0.5, 0.6) is 0 Å². The van der Waals surface area contributed by atoms with Crippen molar-refractivity contribution >= 4 is 21.8 Å². The Hall–Kier alpha value is -1.91. The summed E-state index contributed by atoms with van der Waals surface area (Å²) in [5.74, 6) is 1.69. The van der Waals surface area contributed by atoms with E-state index in [1.165, 1.54) is 18.4 Å². The molecule has 1 aliphatic rings. The van der Waals surface area contributed by atoms with Gasteiger partial charge in [-0.15, -0.1) is 0 Å². The van der Waals surface area contributed by atoms with Crippen molar-refractivity contribution in [2.75, 3.05) is 6.26 Å². The Balaban J connectivity index is 1.50. The van der Waals surface area contributed by atoms with Gasteiger partial charge in [0.25, 0.3) is 0 Å². The molecule has 0 aliphatic heterocycles. The number of nitrogens with one attached hydrogen (secondary N) is 1. The molecule has 0 spiro atoms. The van der Waals surface area contributed by atoms with Crippen LogP contribution in [0.3, 0.4) is 0 Å². The lowest BCUT2D eigenvalue weighted by Crippen LogP contribution is -2.22. The topological polar surface area (TPSA) is 42.2 Å². The van der Waals surface area contributed by atoms with E-state index in [0.29, 0.717) is 5.92 Å². The zero-order valence-corrected chi connectivity index (χ0v) is 14.5. The molecule has 2 aromatic carbocycles. The van der Waals surface area contributed by atoms with Gasteiger partial charge in [0.2, 0.25) is 0 Å². The molecule has 0 amide bonds. The molecule has 24 heavy (non-hydrogen) atoms. The predicted molar refractivity (Wildman–Crippen MR) is 97.3 cm³/mol. The molecule has 3 nitrogen and oxygen atoms in total. The summed E-state index contributed by atoms with van der Waals surface area (Å²) >= 11 is 0. The van der Waals surface area contributed by atoms with Gasteiger partial charge >= 0.3 is 0 Å². The molecular weight excluding hydrogens is 318 g/mol. The molecule has 1 N–H and O–H groups in total. The molecule has 4 rings (SSSR count). The maximum absolute atomic E-state index is 11.5. The second-order valence-electron chi connectivity index (χ2n) is 6.48. The van der Waals surface area contributed by atoms with Crippen LogP contribution < -0.4 is 5.32 Å². The summed E-state index contributed by atoms with van der Waals surface area (Å²) in [6.45, 7) is 0.787. The van der Waals surface area contributed by atoms with E-state index in [2.05, 4.69) is 17.4 Å². The van der Waals surface area contributed by atoms with E-state index >= 15 is 0 Å². The SMILES string of the molecule is C[S@@](=O)c1ccc(CN[C@H](c2cc3ccccc3o2)C2CC2)cc1. The minimum absolute atomic E-state index is 0.261. The summed E-state index contributed by atoms with van der Waals surface area (Å²) in [6.07, 6.45) is 4.21. The minimum atomic E-state index is -0.921. The molecule has 4 heteroatoms. The third-order valence-corrected chi connectivity index (χ3v) is 5.56. The highest BCUT2D eigenvalue weighted by Gasteiger charge is 2.34. The van der Waals surface area contributed by atoms with E-state index < -0.39 is 10.8 Å². The van der Waals surface area contributed by atoms with Crippen molar-refractivity contribution in [1.82, 2.24) is 5.32 Å². The van der Waals surface area contributed by atoms with Crippen LogP contribution >= 0.6 is 0 Å². The lowest BCUT2D eigenvalue weighted by molar-refractivity contribution is 0.395. The molecule has 1 fully saturated rings. The van der Waals surface area contributed by atoms with Gasteiger partial charge in [0, 0.05) is 33.9 Å². The fraction of sp³-hybridized carbons (Fsp3) is 0.300. The predicted octanol–water partition coefficient (Wildman–Crippen LogP) is 4.41. The molecule has 124 valence electrons. The van der Waals surface area contributed by atoms with Crippen molar-refractivity contribution in [3.63, 3.8) is 0 Å². The first-order valence-corrected chi connectivity index (χ1v) is 9.91. The van der Waals surface area contributed by atoms with Crippen LogP contribution in [-0.2, 0) is 17.3 Å². The molecule has 3 aromatic rings. The molecule has 0 saturated heterocycles. The molecule has 1 aromatic heterocycles. The van der Waals surface area contributed by atoms with Crippen LogP contribution in [0, 0.1) is 5.92 Å². The quantitative estimate of drug-likeness (QED) is 0.723. The molecule has 0 radical (unpaired) electrons. The average molecular weight is 339 g/mol. The van der Waals surface area contributed by atoms with Crippen molar-refractivity contribution in [2.45, 2.75) is 30.3 Å². The first-order valence-electron chi connectivity index (χ1n) is 8.35. The number of hydrogen-bond donors (Lipinski definition) is 1. The summed E-state index contributed by atoms with van der Waals surface area (Å²) in [7, 11) is -0.921. The van der Waals surface area contributed by atoms with Gasteiger partial charge < -0.3 is 9.73 Å². The second-order valence-corrected chi connectivity index (χ2v) is 7.86. The second kappa shape index (κ2) is 6.54. The largest absolute Gasteiger partial charge is 0.459 e. The van der Waals surface area contributed by atoms with E-state index in [1.54, 1.807) is 6.26 Å². The number of para-hydroxylation sites is 1. The Morgan fingerprint density at radius 2 is 1.92 bits per heavy atom. The van der Waals surface area contributed by atoms with Crippen molar-refractivity contribution in [2.24, 2.45) is 5.92 Å². The van der Waals surface area contributed by atoms with Crippen LogP contribution in [0.4, 0.5) is 0 Å². The van der Waals surface area contributed by atoms with E-state index in [1.807, 2.05) is 42.5 Å². The van der Waals surface area contributed by atoms with Crippen molar-refractivity contribution in [3.8, 4) is 0 Å². The Morgan fingerprint density at radius 3 is 2.58 bits per heavy atom. The Labute approximate surface area is 144 Å². The molecule has 1 saturated carbocycles. The van der Waals surface area contributed by atoms with Gasteiger partial charge in [0.05, 0.1) is 6.04 Å². The number of rotatable bonds is 6. The monoisotopic (exact) mass is 339 g/mol. The summed E-state index contributed by atoms with van der Waals surface area (Å²) in [4.78, 5) is 0.870. The lowest BCUT2D eigenvalue weighted by Gasteiger charge is -2.16.